The van der Waals surface area contributed by atoms with Gasteiger partial charge in [0.1, 0.15) is 18.5 Å². The van der Waals surface area contributed by atoms with Crippen LogP contribution in [0.4, 0.5) is 0 Å². The van der Waals surface area contributed by atoms with Gasteiger partial charge in [-0.15, -0.1) is 0 Å². The molecule has 0 aliphatic rings. The van der Waals surface area contributed by atoms with Gasteiger partial charge in [0.25, 0.3) is 0 Å². The lowest BCUT2D eigenvalue weighted by molar-refractivity contribution is 0.253. The minimum absolute atomic E-state index is 0.494. The molecule has 2 rings (SSSR count). The van der Waals surface area contributed by atoms with Gasteiger partial charge in [0, 0.05) is 17.3 Å². The lowest BCUT2D eigenvalue weighted by Crippen LogP contribution is -1.93. The van der Waals surface area contributed by atoms with Crippen molar-refractivity contribution in [2.24, 2.45) is 0 Å². The molecule has 0 amide bonds. The summed E-state index contributed by atoms with van der Waals surface area (Å²) in [6, 6.07) is 11.5. The van der Waals surface area contributed by atoms with E-state index in [4.69, 9.17) is 9.84 Å². The van der Waals surface area contributed by atoms with E-state index in [0.29, 0.717) is 6.61 Å². The van der Waals surface area contributed by atoms with E-state index >= 15 is 0 Å². The molecule has 1 aromatic heterocycles. The van der Waals surface area contributed by atoms with Crippen LogP contribution in [0.25, 0.3) is 11.3 Å². The van der Waals surface area contributed by atoms with Crippen molar-refractivity contribution < 1.29 is 9.84 Å². The maximum atomic E-state index is 9.12. The summed E-state index contributed by atoms with van der Waals surface area (Å²) in [5.41, 5.74) is 2.66. The van der Waals surface area contributed by atoms with Gasteiger partial charge in [-0.3, -0.25) is 4.98 Å². The average Bonchev–Trinajstić information content (AvgIpc) is 2.52. The number of rotatable bonds is 4. The molecule has 1 atom stereocenters. The van der Waals surface area contributed by atoms with Crippen molar-refractivity contribution in [1.29, 1.82) is 0 Å². The van der Waals surface area contributed by atoms with Gasteiger partial charge in [0.05, 0.1) is 5.69 Å². The lowest BCUT2D eigenvalue weighted by Gasteiger charge is -2.05. The fourth-order valence-corrected chi connectivity index (χ4v) is 1.70. The fourth-order valence-electron chi connectivity index (χ4n) is 1.70. The second-order valence-electron chi connectivity index (χ2n) is 4.50. The van der Waals surface area contributed by atoms with E-state index < -0.39 is 6.10 Å². The SMILES string of the molecule is C=CCOc1ccc(-c2ccc(C#CC(C)O)cn2)cc1. The molecule has 0 spiro atoms. The van der Waals surface area contributed by atoms with Gasteiger partial charge in [-0.05, 0) is 43.3 Å². The molecule has 1 unspecified atom stereocenters. The highest BCUT2D eigenvalue weighted by molar-refractivity contribution is 5.60. The molecule has 0 fully saturated rings. The van der Waals surface area contributed by atoms with Crippen LogP contribution < -0.4 is 4.74 Å². The van der Waals surface area contributed by atoms with Crippen molar-refractivity contribution in [2.75, 3.05) is 6.61 Å². The van der Waals surface area contributed by atoms with Crippen LogP contribution in [0.3, 0.4) is 0 Å². The number of aromatic nitrogens is 1. The Morgan fingerprint density at radius 1 is 1.29 bits per heavy atom. The summed E-state index contributed by atoms with van der Waals surface area (Å²) in [6.07, 6.45) is 2.78. The van der Waals surface area contributed by atoms with Gasteiger partial charge in [-0.2, -0.15) is 0 Å². The molecule has 0 bridgehead atoms. The minimum Gasteiger partial charge on any atom is -0.490 e. The van der Waals surface area contributed by atoms with Crippen LogP contribution in [0.2, 0.25) is 0 Å². The molecule has 21 heavy (non-hydrogen) atoms. The topological polar surface area (TPSA) is 42.4 Å². The largest absolute Gasteiger partial charge is 0.490 e. The Kier molecular flexibility index (Phi) is 5.14. The van der Waals surface area contributed by atoms with Crippen molar-refractivity contribution in [1.82, 2.24) is 4.98 Å². The van der Waals surface area contributed by atoms with Crippen LogP contribution in [0.5, 0.6) is 5.75 Å². The number of benzene rings is 1. The number of hydrogen-bond acceptors (Lipinski definition) is 3. The van der Waals surface area contributed by atoms with Crippen LogP contribution >= 0.6 is 0 Å². The molecule has 0 aliphatic heterocycles. The Labute approximate surface area is 124 Å². The zero-order valence-corrected chi connectivity index (χ0v) is 11.9. The molecule has 1 aromatic carbocycles. The maximum Gasteiger partial charge on any atom is 0.119 e. The highest BCUT2D eigenvalue weighted by Gasteiger charge is 2.00. The molecule has 0 radical (unpaired) electrons. The van der Waals surface area contributed by atoms with E-state index in [0.717, 1.165) is 22.6 Å². The normalized spacial score (nSPS) is 11.1. The smallest absolute Gasteiger partial charge is 0.119 e. The van der Waals surface area contributed by atoms with Crippen LogP contribution in [-0.4, -0.2) is 22.8 Å². The third kappa shape index (κ3) is 4.48. The number of aliphatic hydroxyl groups is 1. The zero-order valence-electron chi connectivity index (χ0n) is 11.9. The molecule has 0 saturated heterocycles. The second kappa shape index (κ2) is 7.28. The van der Waals surface area contributed by atoms with E-state index in [1.807, 2.05) is 36.4 Å². The summed E-state index contributed by atoms with van der Waals surface area (Å²) in [7, 11) is 0. The van der Waals surface area contributed by atoms with Crippen molar-refractivity contribution in [3.63, 3.8) is 0 Å². The minimum atomic E-state index is -0.632. The molecule has 2 aromatic rings. The van der Waals surface area contributed by atoms with Gasteiger partial charge in [0.15, 0.2) is 0 Å². The third-order valence-electron chi connectivity index (χ3n) is 2.71. The molecular weight excluding hydrogens is 262 g/mol. The van der Waals surface area contributed by atoms with E-state index in [9.17, 15) is 0 Å². The van der Waals surface area contributed by atoms with Gasteiger partial charge < -0.3 is 9.84 Å². The van der Waals surface area contributed by atoms with Gasteiger partial charge in [-0.25, -0.2) is 0 Å². The summed E-state index contributed by atoms with van der Waals surface area (Å²) >= 11 is 0. The van der Waals surface area contributed by atoms with Crippen molar-refractivity contribution in [3.05, 3.63) is 60.8 Å². The Morgan fingerprint density at radius 2 is 2.05 bits per heavy atom. The standard InChI is InChI=1S/C18H17NO2/c1-3-12-21-17-9-7-16(8-10-17)18-11-6-15(13-19-18)5-4-14(2)20/h3,6-11,13-14,20H,1,12H2,2H3. The molecule has 0 saturated carbocycles. The van der Waals surface area contributed by atoms with Gasteiger partial charge >= 0.3 is 0 Å². The summed E-state index contributed by atoms with van der Waals surface area (Å²) in [5.74, 6) is 6.36. The number of ether oxygens (including phenoxy) is 1. The Morgan fingerprint density at radius 3 is 2.62 bits per heavy atom. The summed E-state index contributed by atoms with van der Waals surface area (Å²) in [4.78, 5) is 4.38. The molecule has 3 nitrogen and oxygen atoms in total. The van der Waals surface area contributed by atoms with E-state index in [1.165, 1.54) is 0 Å². The average molecular weight is 279 g/mol. The zero-order chi connectivity index (χ0) is 15.1. The number of aliphatic hydroxyl groups excluding tert-OH is 1. The molecule has 0 aliphatic carbocycles. The van der Waals surface area contributed by atoms with Crippen LogP contribution in [0.1, 0.15) is 12.5 Å². The summed E-state index contributed by atoms with van der Waals surface area (Å²) in [5, 5.41) is 9.12. The second-order valence-corrected chi connectivity index (χ2v) is 4.50. The summed E-state index contributed by atoms with van der Waals surface area (Å²) < 4.78 is 5.44. The number of nitrogens with zero attached hydrogens (tertiary/aromatic N) is 1. The molecule has 106 valence electrons. The molecule has 1 N–H and O–H groups in total. The van der Waals surface area contributed by atoms with Crippen molar-refractivity contribution in [3.8, 4) is 28.8 Å². The van der Waals surface area contributed by atoms with Crippen molar-refractivity contribution in [2.45, 2.75) is 13.0 Å². The van der Waals surface area contributed by atoms with E-state index in [1.54, 1.807) is 19.2 Å². The van der Waals surface area contributed by atoms with Crippen molar-refractivity contribution >= 4 is 0 Å². The molecule has 3 heteroatoms. The number of pyridine rings is 1. The fraction of sp³-hybridized carbons (Fsp3) is 0.167. The molecule has 1 heterocycles. The quantitative estimate of drug-likeness (QED) is 0.691. The number of hydrogen-bond donors (Lipinski definition) is 1. The predicted molar refractivity (Wildman–Crippen MR) is 83.9 cm³/mol. The summed E-state index contributed by atoms with van der Waals surface area (Å²) in [6.45, 7) is 5.74. The third-order valence-corrected chi connectivity index (χ3v) is 2.71. The highest BCUT2D eigenvalue weighted by Crippen LogP contribution is 2.20. The molecular formula is C18H17NO2. The highest BCUT2D eigenvalue weighted by atomic mass is 16.5. The van der Waals surface area contributed by atoms with Gasteiger partial charge in [0.2, 0.25) is 0 Å². The first kappa shape index (κ1) is 14.8. The predicted octanol–water partition coefficient (Wildman–Crippen LogP) is 3.05. The van der Waals surface area contributed by atoms with E-state index in [2.05, 4.69) is 23.4 Å². The maximum absolute atomic E-state index is 9.12. The van der Waals surface area contributed by atoms with Crippen LogP contribution in [0.15, 0.2) is 55.3 Å². The Hall–Kier alpha value is -2.57. The lowest BCUT2D eigenvalue weighted by atomic mass is 10.1. The van der Waals surface area contributed by atoms with E-state index in [-0.39, 0.29) is 0 Å². The van der Waals surface area contributed by atoms with Crippen LogP contribution in [0, 0.1) is 11.8 Å². The monoisotopic (exact) mass is 279 g/mol. The first-order chi connectivity index (χ1) is 10.2. The van der Waals surface area contributed by atoms with Crippen LogP contribution in [-0.2, 0) is 0 Å². The first-order valence-electron chi connectivity index (χ1n) is 6.69. The Bertz CT molecular complexity index is 646. The first-order valence-corrected chi connectivity index (χ1v) is 6.69. The Balaban J connectivity index is 2.12. The van der Waals surface area contributed by atoms with Gasteiger partial charge in [-0.1, -0.05) is 24.5 Å².